The van der Waals surface area contributed by atoms with Gasteiger partial charge in [-0.2, -0.15) is 0 Å². The van der Waals surface area contributed by atoms with Crippen molar-refractivity contribution in [2.45, 2.75) is 52.1 Å². The van der Waals surface area contributed by atoms with Crippen LogP contribution in [0.15, 0.2) is 0 Å². The lowest BCUT2D eigenvalue weighted by molar-refractivity contribution is 0.0797. The molecule has 0 radical (unpaired) electrons. The van der Waals surface area contributed by atoms with Crippen LogP contribution in [0.5, 0.6) is 0 Å². The van der Waals surface area contributed by atoms with Crippen LogP contribution in [0.1, 0.15) is 40.5 Å². The van der Waals surface area contributed by atoms with Crippen molar-refractivity contribution in [3.8, 4) is 0 Å². The fraction of sp³-hybridized carbons (Fsp3) is 1.00. The van der Waals surface area contributed by atoms with Crippen LogP contribution in [0.2, 0.25) is 0 Å². The number of rotatable bonds is 6. The van der Waals surface area contributed by atoms with Gasteiger partial charge in [-0.05, 0) is 59.8 Å². The van der Waals surface area contributed by atoms with E-state index in [9.17, 15) is 0 Å². The van der Waals surface area contributed by atoms with Crippen LogP contribution < -0.4 is 5.32 Å². The summed E-state index contributed by atoms with van der Waals surface area (Å²) in [7, 11) is 4.32. The van der Waals surface area contributed by atoms with E-state index in [0.717, 1.165) is 18.5 Å². The van der Waals surface area contributed by atoms with E-state index >= 15 is 0 Å². The number of nitrogens with zero attached hydrogens (tertiary/aromatic N) is 2. The van der Waals surface area contributed by atoms with E-state index in [0.29, 0.717) is 0 Å². The Balaban J connectivity index is 2.49. The van der Waals surface area contributed by atoms with Gasteiger partial charge in [-0.25, -0.2) is 0 Å². The molecule has 3 nitrogen and oxygen atoms in total. The molecule has 0 spiro atoms. The number of nitrogens with one attached hydrogen (secondary N) is 1. The second-order valence-electron chi connectivity index (χ2n) is 7.18. The number of hydrogen-bond donors (Lipinski definition) is 1. The van der Waals surface area contributed by atoms with Gasteiger partial charge in [0.2, 0.25) is 0 Å². The van der Waals surface area contributed by atoms with Gasteiger partial charge in [0.1, 0.15) is 0 Å². The first-order valence-electron chi connectivity index (χ1n) is 7.44. The Hall–Kier alpha value is -0.120. The summed E-state index contributed by atoms with van der Waals surface area (Å²) in [5, 5.41) is 3.69. The van der Waals surface area contributed by atoms with Gasteiger partial charge in [-0.1, -0.05) is 13.8 Å². The Labute approximate surface area is 114 Å². The van der Waals surface area contributed by atoms with Crippen LogP contribution in [-0.4, -0.2) is 61.7 Å². The summed E-state index contributed by atoms with van der Waals surface area (Å²) < 4.78 is 0. The maximum Gasteiger partial charge on any atom is 0.0252 e. The molecule has 1 rings (SSSR count). The van der Waals surface area contributed by atoms with Crippen LogP contribution in [0, 0.1) is 5.92 Å². The van der Waals surface area contributed by atoms with Crippen LogP contribution in [0.25, 0.3) is 0 Å². The first-order valence-corrected chi connectivity index (χ1v) is 7.44. The van der Waals surface area contributed by atoms with Gasteiger partial charge in [0.15, 0.2) is 0 Å². The molecule has 3 heteroatoms. The number of piperazine rings is 1. The quantitative estimate of drug-likeness (QED) is 0.783. The van der Waals surface area contributed by atoms with Crippen molar-refractivity contribution in [3.05, 3.63) is 0 Å². The van der Waals surface area contributed by atoms with E-state index in [-0.39, 0.29) is 5.54 Å². The second kappa shape index (κ2) is 6.88. The van der Waals surface area contributed by atoms with E-state index in [1.807, 2.05) is 0 Å². The average Bonchev–Trinajstić information content (AvgIpc) is 2.20. The molecular formula is C15H33N3. The molecule has 0 bridgehead atoms. The van der Waals surface area contributed by atoms with Crippen molar-refractivity contribution in [2.24, 2.45) is 5.92 Å². The van der Waals surface area contributed by atoms with Crippen molar-refractivity contribution in [2.75, 3.05) is 40.3 Å². The zero-order valence-electron chi connectivity index (χ0n) is 13.3. The summed E-state index contributed by atoms with van der Waals surface area (Å²) in [5.41, 5.74) is 0.269. The topological polar surface area (TPSA) is 18.5 Å². The Kier molecular flexibility index (Phi) is 6.09. The SMILES string of the molecule is CC(C)CC1CNC(C)(C)CN1CCCN(C)C. The molecule has 0 aromatic rings. The molecule has 1 atom stereocenters. The average molecular weight is 255 g/mol. The van der Waals surface area contributed by atoms with E-state index in [1.54, 1.807) is 0 Å². The van der Waals surface area contributed by atoms with Gasteiger partial charge in [0.25, 0.3) is 0 Å². The summed E-state index contributed by atoms with van der Waals surface area (Å²) in [6, 6.07) is 0.722. The summed E-state index contributed by atoms with van der Waals surface area (Å²) >= 11 is 0. The summed E-state index contributed by atoms with van der Waals surface area (Å²) in [4.78, 5) is 4.99. The molecule has 1 N–H and O–H groups in total. The van der Waals surface area contributed by atoms with Crippen molar-refractivity contribution < 1.29 is 0 Å². The van der Waals surface area contributed by atoms with Crippen molar-refractivity contribution >= 4 is 0 Å². The standard InChI is InChI=1S/C15H33N3/c1-13(2)10-14-11-16-15(3,4)12-18(14)9-7-8-17(5)6/h13-14,16H,7-12H2,1-6H3. The molecule has 108 valence electrons. The summed E-state index contributed by atoms with van der Waals surface area (Å²) in [6.07, 6.45) is 2.59. The largest absolute Gasteiger partial charge is 0.309 e. The predicted molar refractivity (Wildman–Crippen MR) is 80.1 cm³/mol. The van der Waals surface area contributed by atoms with Crippen LogP contribution in [0.3, 0.4) is 0 Å². The highest BCUT2D eigenvalue weighted by molar-refractivity contribution is 4.92. The Morgan fingerprint density at radius 1 is 1.33 bits per heavy atom. The van der Waals surface area contributed by atoms with Gasteiger partial charge < -0.3 is 10.2 Å². The van der Waals surface area contributed by atoms with Gasteiger partial charge in [0.05, 0.1) is 0 Å². The highest BCUT2D eigenvalue weighted by Gasteiger charge is 2.32. The summed E-state index contributed by atoms with van der Waals surface area (Å²) in [5.74, 6) is 0.786. The van der Waals surface area contributed by atoms with Crippen LogP contribution in [-0.2, 0) is 0 Å². The lowest BCUT2D eigenvalue weighted by atomic mass is 9.94. The summed E-state index contributed by atoms with van der Waals surface area (Å²) in [6.45, 7) is 14.1. The zero-order chi connectivity index (χ0) is 13.8. The zero-order valence-corrected chi connectivity index (χ0v) is 13.3. The Morgan fingerprint density at radius 2 is 2.00 bits per heavy atom. The van der Waals surface area contributed by atoms with E-state index in [2.05, 4.69) is 56.9 Å². The molecule has 0 aliphatic carbocycles. The number of hydrogen-bond acceptors (Lipinski definition) is 3. The highest BCUT2D eigenvalue weighted by atomic mass is 15.2. The molecule has 0 amide bonds. The minimum atomic E-state index is 0.269. The van der Waals surface area contributed by atoms with E-state index in [4.69, 9.17) is 0 Å². The fourth-order valence-corrected chi connectivity index (χ4v) is 2.84. The maximum absolute atomic E-state index is 3.69. The molecule has 1 fully saturated rings. The van der Waals surface area contributed by atoms with Crippen LogP contribution in [0.4, 0.5) is 0 Å². The molecular weight excluding hydrogens is 222 g/mol. The van der Waals surface area contributed by atoms with E-state index < -0.39 is 0 Å². The second-order valence-corrected chi connectivity index (χ2v) is 7.18. The monoisotopic (exact) mass is 255 g/mol. The fourth-order valence-electron chi connectivity index (χ4n) is 2.84. The van der Waals surface area contributed by atoms with Gasteiger partial charge in [0, 0.05) is 24.7 Å². The minimum Gasteiger partial charge on any atom is -0.309 e. The van der Waals surface area contributed by atoms with Crippen LogP contribution >= 0.6 is 0 Å². The molecule has 0 aromatic heterocycles. The molecule has 0 saturated carbocycles. The third-order valence-corrected chi connectivity index (χ3v) is 3.73. The lowest BCUT2D eigenvalue weighted by Gasteiger charge is -2.45. The molecule has 1 saturated heterocycles. The predicted octanol–water partition coefficient (Wildman–Crippen LogP) is 2.04. The highest BCUT2D eigenvalue weighted by Crippen LogP contribution is 2.20. The lowest BCUT2D eigenvalue weighted by Crippen LogP contribution is -2.61. The van der Waals surface area contributed by atoms with Crippen molar-refractivity contribution in [1.82, 2.24) is 15.1 Å². The molecule has 1 aliphatic heterocycles. The van der Waals surface area contributed by atoms with Gasteiger partial charge in [-0.3, -0.25) is 4.90 Å². The Morgan fingerprint density at radius 3 is 2.56 bits per heavy atom. The molecule has 18 heavy (non-hydrogen) atoms. The van der Waals surface area contributed by atoms with Crippen molar-refractivity contribution in [3.63, 3.8) is 0 Å². The maximum atomic E-state index is 3.69. The van der Waals surface area contributed by atoms with Gasteiger partial charge >= 0.3 is 0 Å². The molecule has 1 aliphatic rings. The third-order valence-electron chi connectivity index (χ3n) is 3.73. The van der Waals surface area contributed by atoms with Gasteiger partial charge in [-0.15, -0.1) is 0 Å². The van der Waals surface area contributed by atoms with Crippen molar-refractivity contribution in [1.29, 1.82) is 0 Å². The normalized spacial score (nSPS) is 25.0. The van der Waals surface area contributed by atoms with E-state index in [1.165, 1.54) is 32.5 Å². The smallest absolute Gasteiger partial charge is 0.0252 e. The minimum absolute atomic E-state index is 0.269. The molecule has 0 aromatic carbocycles. The third kappa shape index (κ3) is 5.68. The first kappa shape index (κ1) is 15.9. The first-order chi connectivity index (χ1) is 8.30. The molecule has 1 heterocycles. The Bertz CT molecular complexity index is 236. The molecule has 1 unspecified atom stereocenters.